The molecule has 0 aromatic carbocycles. The molecule has 4 N–H and O–H groups in total. The summed E-state index contributed by atoms with van der Waals surface area (Å²) in [6.07, 6.45) is 8.51. The number of rotatable bonds is 32. The second kappa shape index (κ2) is 28.8. The Kier molecular flexibility index (Phi) is 24.6. The van der Waals surface area contributed by atoms with Gasteiger partial charge in [-0.05, 0) is 89.9 Å². The number of urea groups is 1. The van der Waals surface area contributed by atoms with Crippen LogP contribution in [0.3, 0.4) is 0 Å². The van der Waals surface area contributed by atoms with Crippen LogP contribution in [0.1, 0.15) is 121 Å². The molecule has 3 aliphatic rings. The highest BCUT2D eigenvalue weighted by Crippen LogP contribution is 2.43. The molecule has 0 radical (unpaired) electrons. The van der Waals surface area contributed by atoms with Crippen LogP contribution in [-0.4, -0.2) is 167 Å². The molecule has 0 aromatic heterocycles. The average molecular weight is 1060 g/mol. The van der Waals surface area contributed by atoms with E-state index in [1.54, 1.807) is 38.2 Å². The molecular weight excluding hydrogens is 969 g/mol. The molecule has 426 valence electrons. The molecule has 0 spiro atoms. The third kappa shape index (κ3) is 20.4. The Labute approximate surface area is 446 Å². The number of alkyl carbamates (subject to hydrolysis) is 4. The van der Waals surface area contributed by atoms with E-state index in [2.05, 4.69) is 75.3 Å². The lowest BCUT2D eigenvalue weighted by Gasteiger charge is -2.46. The van der Waals surface area contributed by atoms with Crippen LogP contribution in [0.4, 0.5) is 24.0 Å². The Hall–Kier alpha value is -5.18. The van der Waals surface area contributed by atoms with Gasteiger partial charge in [0, 0.05) is 23.2 Å². The van der Waals surface area contributed by atoms with E-state index in [1.165, 1.54) is 4.90 Å². The monoisotopic (exact) mass is 1060 g/mol. The van der Waals surface area contributed by atoms with E-state index in [0.29, 0.717) is 104 Å². The van der Waals surface area contributed by atoms with Crippen molar-refractivity contribution in [3.8, 4) is 0 Å². The Balaban J connectivity index is 1.51. The van der Waals surface area contributed by atoms with E-state index in [4.69, 9.17) is 37.9 Å². The van der Waals surface area contributed by atoms with Gasteiger partial charge in [-0.15, -0.1) is 26.3 Å². The van der Waals surface area contributed by atoms with Gasteiger partial charge in [0.05, 0.1) is 76.8 Å². The molecule has 0 bridgehead atoms. The zero-order valence-electron chi connectivity index (χ0n) is 47.0. The third-order valence-corrected chi connectivity index (χ3v) is 14.3. The van der Waals surface area contributed by atoms with E-state index in [9.17, 15) is 28.8 Å². The van der Waals surface area contributed by atoms with Crippen molar-refractivity contribution in [2.45, 2.75) is 149 Å². The summed E-state index contributed by atoms with van der Waals surface area (Å²) in [6, 6.07) is -1.36. The van der Waals surface area contributed by atoms with Crippen molar-refractivity contribution in [1.82, 2.24) is 31.1 Å². The van der Waals surface area contributed by atoms with Crippen molar-refractivity contribution in [1.29, 1.82) is 0 Å². The molecule has 3 fully saturated rings. The van der Waals surface area contributed by atoms with E-state index in [0.717, 1.165) is 4.90 Å². The zero-order valence-corrected chi connectivity index (χ0v) is 47.0. The fraction of sp³-hybridized carbons (Fsp3) is 0.745. The zero-order chi connectivity index (χ0) is 56.1. The summed E-state index contributed by atoms with van der Waals surface area (Å²) in [5.41, 5.74) is -4.47. The molecule has 20 heteroatoms. The molecule has 1 heterocycles. The molecule has 2 saturated carbocycles. The first-order valence-corrected chi connectivity index (χ1v) is 26.3. The van der Waals surface area contributed by atoms with Crippen molar-refractivity contribution in [3.05, 3.63) is 50.6 Å². The van der Waals surface area contributed by atoms with Crippen molar-refractivity contribution in [3.63, 3.8) is 0 Å². The molecule has 1 saturated heterocycles. The predicted octanol–water partition coefficient (Wildman–Crippen LogP) is 8.21. The number of carbonyl (C=O) groups excluding carboxylic acids is 6. The van der Waals surface area contributed by atoms with E-state index in [-0.39, 0.29) is 62.4 Å². The van der Waals surface area contributed by atoms with Gasteiger partial charge in [-0.1, -0.05) is 65.8 Å². The maximum atomic E-state index is 13.6. The van der Waals surface area contributed by atoms with Crippen LogP contribution in [-0.2, 0) is 42.7 Å². The largest absolute Gasteiger partial charge is 0.449 e. The molecule has 2 aliphatic carbocycles. The van der Waals surface area contributed by atoms with Gasteiger partial charge in [0.15, 0.2) is 0 Å². The number of carbonyl (C=O) groups is 6. The van der Waals surface area contributed by atoms with Gasteiger partial charge in [-0.3, -0.25) is 9.69 Å². The summed E-state index contributed by atoms with van der Waals surface area (Å²) >= 11 is 0. The normalized spacial score (nSPS) is 23.1. The van der Waals surface area contributed by atoms with E-state index in [1.807, 2.05) is 27.7 Å². The molecule has 20 nitrogen and oxygen atoms in total. The van der Waals surface area contributed by atoms with Crippen molar-refractivity contribution < 1.29 is 66.7 Å². The fourth-order valence-electron chi connectivity index (χ4n) is 11.0. The molecule has 4 unspecified atom stereocenters. The lowest BCUT2D eigenvalue weighted by Crippen LogP contribution is -2.58. The number of imide groups is 1. The summed E-state index contributed by atoms with van der Waals surface area (Å²) in [7, 11) is 0. The number of hydrogen-bond acceptors (Lipinski definition) is 14. The maximum Gasteiger partial charge on any atom is 0.407 e. The Morgan fingerprint density at radius 1 is 0.547 bits per heavy atom. The van der Waals surface area contributed by atoms with E-state index >= 15 is 0 Å². The highest BCUT2D eigenvalue weighted by Gasteiger charge is 2.51. The minimum Gasteiger partial charge on any atom is -0.449 e. The number of ether oxygens (including phenoxy) is 8. The topological polar surface area (TPSA) is 231 Å². The summed E-state index contributed by atoms with van der Waals surface area (Å²) < 4.78 is 45.7. The predicted molar refractivity (Wildman–Crippen MR) is 285 cm³/mol. The molecule has 7 amide bonds. The first-order chi connectivity index (χ1) is 35.2. The Bertz CT molecular complexity index is 1930. The molecular formula is C55H92N6O14. The standard InChI is InChI=1S/C55H92N6O14/c1-15-23-68-35-54(19-5,36-69-24-16-2)39-74-46(65)58-52(13)31-41(29-49(7,8)33-52)56-44(63)72-27-21-60-43(62)51(11,12)61(48(60)67)22-28-73-45(64)57-42-30-50(9,10)34-53(14,32-42)59-47(66)75-40-55(20-6,37-70-25-17-3)38-71-26-18-4/h15-18,41-42H,1-4,19-40H2,5-14H3,(H,56,63)(H,57,64)(H,58,65)(H,59,66). The molecule has 0 aromatic rings. The van der Waals surface area contributed by atoms with Crippen LogP contribution in [0.2, 0.25) is 0 Å². The molecule has 75 heavy (non-hydrogen) atoms. The second-order valence-electron chi connectivity index (χ2n) is 23.3. The van der Waals surface area contributed by atoms with Gasteiger partial charge < -0.3 is 64.1 Å². The lowest BCUT2D eigenvalue weighted by atomic mass is 9.67. The summed E-state index contributed by atoms with van der Waals surface area (Å²) in [4.78, 5) is 82.6. The smallest absolute Gasteiger partial charge is 0.407 e. The van der Waals surface area contributed by atoms with Crippen molar-refractivity contribution >= 4 is 36.3 Å². The quantitative estimate of drug-likeness (QED) is 0.0215. The summed E-state index contributed by atoms with van der Waals surface area (Å²) in [5.74, 6) is -0.495. The van der Waals surface area contributed by atoms with Crippen molar-refractivity contribution in [2.24, 2.45) is 21.7 Å². The third-order valence-electron chi connectivity index (χ3n) is 14.3. The Morgan fingerprint density at radius 2 is 0.907 bits per heavy atom. The number of nitrogens with one attached hydrogen (secondary N) is 4. The first kappa shape index (κ1) is 64.1. The van der Waals surface area contributed by atoms with Crippen LogP contribution in [0.5, 0.6) is 0 Å². The van der Waals surface area contributed by atoms with E-state index < -0.39 is 63.8 Å². The summed E-state index contributed by atoms with van der Waals surface area (Å²) in [5, 5.41) is 12.0. The lowest BCUT2D eigenvalue weighted by molar-refractivity contribution is -0.132. The minimum absolute atomic E-state index is 0.0595. The molecule has 3 rings (SSSR count). The first-order valence-electron chi connectivity index (χ1n) is 26.3. The van der Waals surface area contributed by atoms with Gasteiger partial charge in [-0.2, -0.15) is 0 Å². The number of nitrogens with zero attached hydrogens (tertiary/aromatic N) is 2. The number of amides is 7. The number of hydrogen-bond donors (Lipinski definition) is 4. The van der Waals surface area contributed by atoms with Gasteiger partial charge in [0.1, 0.15) is 32.0 Å². The minimum atomic E-state index is -1.27. The van der Waals surface area contributed by atoms with Gasteiger partial charge in [0.2, 0.25) is 0 Å². The van der Waals surface area contributed by atoms with Crippen LogP contribution >= 0.6 is 0 Å². The second-order valence-corrected chi connectivity index (χ2v) is 23.3. The Morgan fingerprint density at radius 3 is 1.25 bits per heavy atom. The SMILES string of the molecule is C=CCOCC(CC)(COCC=C)COC(=O)NC1(C)CC(NC(=O)OCCN2C(=O)N(CCOC(=O)NC3CC(C)(C)CC(C)(NC(=O)OCC(CC)(COCC=C)COCC=C)C3)C(C)(C)C2=O)CC(C)(C)C1. The van der Waals surface area contributed by atoms with Crippen LogP contribution in [0.25, 0.3) is 0 Å². The molecule has 4 atom stereocenters. The van der Waals surface area contributed by atoms with Crippen LogP contribution in [0.15, 0.2) is 50.6 Å². The fourth-order valence-corrected chi connectivity index (χ4v) is 11.0. The average Bonchev–Trinajstić information content (AvgIpc) is 3.46. The van der Waals surface area contributed by atoms with Crippen LogP contribution in [0, 0.1) is 21.7 Å². The highest BCUT2D eigenvalue weighted by molar-refractivity contribution is 6.06. The van der Waals surface area contributed by atoms with Crippen LogP contribution < -0.4 is 21.3 Å². The van der Waals surface area contributed by atoms with Gasteiger partial charge >= 0.3 is 30.4 Å². The van der Waals surface area contributed by atoms with Gasteiger partial charge in [0.25, 0.3) is 5.91 Å². The maximum absolute atomic E-state index is 13.6. The highest BCUT2D eigenvalue weighted by atomic mass is 16.6. The van der Waals surface area contributed by atoms with Crippen molar-refractivity contribution in [2.75, 3.05) is 92.4 Å². The van der Waals surface area contributed by atoms with Gasteiger partial charge in [-0.25, -0.2) is 24.0 Å². The summed E-state index contributed by atoms with van der Waals surface area (Å²) in [6.45, 7) is 36.0. The molecule has 1 aliphatic heterocycles.